The molecule has 0 radical (unpaired) electrons. The molecule has 0 saturated carbocycles. The first kappa shape index (κ1) is 14.0. The minimum absolute atomic E-state index is 0.0704. The SMILES string of the molecule is CC1(C(=O)O)CCN(Cc2ccc(CO)cc2)CC1. The number of likely N-dealkylation sites (tertiary alicyclic amines) is 1. The summed E-state index contributed by atoms with van der Waals surface area (Å²) in [4.78, 5) is 13.5. The molecule has 0 spiro atoms. The molecule has 1 aliphatic rings. The van der Waals surface area contributed by atoms with Gasteiger partial charge < -0.3 is 10.2 Å². The van der Waals surface area contributed by atoms with Crippen LogP contribution < -0.4 is 0 Å². The molecule has 1 saturated heterocycles. The van der Waals surface area contributed by atoms with E-state index in [1.165, 1.54) is 5.56 Å². The molecular weight excluding hydrogens is 242 g/mol. The van der Waals surface area contributed by atoms with Gasteiger partial charge in [0, 0.05) is 6.54 Å². The molecule has 1 aromatic carbocycles. The number of rotatable bonds is 4. The first-order chi connectivity index (χ1) is 9.03. The lowest BCUT2D eigenvalue weighted by Crippen LogP contribution is -2.42. The fraction of sp³-hybridized carbons (Fsp3) is 0.533. The molecule has 0 unspecified atom stereocenters. The normalized spacial score (nSPS) is 19.3. The fourth-order valence-electron chi connectivity index (χ4n) is 2.43. The maximum atomic E-state index is 11.2. The van der Waals surface area contributed by atoms with E-state index < -0.39 is 11.4 Å². The van der Waals surface area contributed by atoms with E-state index >= 15 is 0 Å². The number of aliphatic carboxylic acids is 1. The maximum absolute atomic E-state index is 11.2. The third kappa shape index (κ3) is 3.33. The molecule has 19 heavy (non-hydrogen) atoms. The average Bonchev–Trinajstić information content (AvgIpc) is 2.42. The Hall–Kier alpha value is -1.39. The van der Waals surface area contributed by atoms with Crippen molar-refractivity contribution in [2.75, 3.05) is 13.1 Å². The van der Waals surface area contributed by atoms with Crippen molar-refractivity contribution >= 4 is 5.97 Å². The van der Waals surface area contributed by atoms with Crippen LogP contribution in [-0.2, 0) is 17.9 Å². The highest BCUT2D eigenvalue weighted by Crippen LogP contribution is 2.31. The van der Waals surface area contributed by atoms with E-state index in [-0.39, 0.29) is 6.61 Å². The second kappa shape index (κ2) is 5.72. The Labute approximate surface area is 113 Å². The van der Waals surface area contributed by atoms with Gasteiger partial charge in [0.25, 0.3) is 0 Å². The molecule has 1 fully saturated rings. The highest BCUT2D eigenvalue weighted by atomic mass is 16.4. The van der Waals surface area contributed by atoms with Crippen molar-refractivity contribution in [1.82, 2.24) is 4.90 Å². The zero-order valence-corrected chi connectivity index (χ0v) is 11.3. The Bertz CT molecular complexity index is 433. The molecule has 0 bridgehead atoms. The predicted octanol–water partition coefficient (Wildman–Crippen LogP) is 1.87. The Kier molecular flexibility index (Phi) is 4.22. The van der Waals surface area contributed by atoms with Crippen LogP contribution in [0.4, 0.5) is 0 Å². The number of nitrogens with zero attached hydrogens (tertiary/aromatic N) is 1. The van der Waals surface area contributed by atoms with E-state index in [1.54, 1.807) is 0 Å². The molecule has 2 rings (SSSR count). The number of aliphatic hydroxyl groups is 1. The minimum atomic E-state index is -0.681. The smallest absolute Gasteiger partial charge is 0.309 e. The van der Waals surface area contributed by atoms with E-state index in [9.17, 15) is 9.90 Å². The number of benzene rings is 1. The van der Waals surface area contributed by atoms with E-state index in [2.05, 4.69) is 4.90 Å². The zero-order valence-electron chi connectivity index (χ0n) is 11.3. The second-order valence-corrected chi connectivity index (χ2v) is 5.62. The first-order valence-electron chi connectivity index (χ1n) is 6.68. The van der Waals surface area contributed by atoms with Crippen molar-refractivity contribution in [3.8, 4) is 0 Å². The summed E-state index contributed by atoms with van der Waals surface area (Å²) in [7, 11) is 0. The molecule has 0 aromatic heterocycles. The van der Waals surface area contributed by atoms with Crippen LogP contribution in [0.1, 0.15) is 30.9 Å². The highest BCUT2D eigenvalue weighted by Gasteiger charge is 2.36. The number of carboxylic acid groups (broad SMARTS) is 1. The molecule has 1 aromatic rings. The van der Waals surface area contributed by atoms with Crippen LogP contribution in [-0.4, -0.2) is 34.2 Å². The predicted molar refractivity (Wildman–Crippen MR) is 72.6 cm³/mol. The monoisotopic (exact) mass is 263 g/mol. The summed E-state index contributed by atoms with van der Waals surface area (Å²) in [6.07, 6.45) is 1.41. The Balaban J connectivity index is 1.90. The molecule has 4 heteroatoms. The number of hydrogen-bond acceptors (Lipinski definition) is 3. The lowest BCUT2D eigenvalue weighted by atomic mass is 9.80. The Morgan fingerprint density at radius 2 is 1.74 bits per heavy atom. The molecule has 0 atom stereocenters. The van der Waals surface area contributed by atoms with Crippen molar-refractivity contribution in [3.63, 3.8) is 0 Å². The van der Waals surface area contributed by atoms with Gasteiger partial charge in [0.05, 0.1) is 12.0 Å². The van der Waals surface area contributed by atoms with Gasteiger partial charge in [0.15, 0.2) is 0 Å². The van der Waals surface area contributed by atoms with Crippen LogP contribution in [0.2, 0.25) is 0 Å². The summed E-state index contributed by atoms with van der Waals surface area (Å²) in [6.45, 7) is 4.40. The van der Waals surface area contributed by atoms with Gasteiger partial charge in [-0.2, -0.15) is 0 Å². The number of piperidine rings is 1. The highest BCUT2D eigenvalue weighted by molar-refractivity contribution is 5.74. The summed E-state index contributed by atoms with van der Waals surface area (Å²) in [5, 5.41) is 18.2. The lowest BCUT2D eigenvalue weighted by Gasteiger charge is -2.36. The van der Waals surface area contributed by atoms with Crippen LogP contribution in [0.3, 0.4) is 0 Å². The van der Waals surface area contributed by atoms with Crippen molar-refractivity contribution in [2.24, 2.45) is 5.41 Å². The summed E-state index contributed by atoms with van der Waals surface area (Å²) >= 11 is 0. The van der Waals surface area contributed by atoms with Crippen molar-refractivity contribution < 1.29 is 15.0 Å². The van der Waals surface area contributed by atoms with Gasteiger partial charge in [-0.1, -0.05) is 24.3 Å². The topological polar surface area (TPSA) is 60.8 Å². The summed E-state index contributed by atoms with van der Waals surface area (Å²) in [5.74, 6) is -0.681. The number of carbonyl (C=O) groups is 1. The quantitative estimate of drug-likeness (QED) is 0.870. The van der Waals surface area contributed by atoms with Crippen LogP contribution in [0.5, 0.6) is 0 Å². The number of hydrogen-bond donors (Lipinski definition) is 2. The molecule has 0 aliphatic carbocycles. The maximum Gasteiger partial charge on any atom is 0.309 e. The largest absolute Gasteiger partial charge is 0.481 e. The van der Waals surface area contributed by atoms with Gasteiger partial charge in [-0.25, -0.2) is 0 Å². The van der Waals surface area contributed by atoms with Gasteiger partial charge in [-0.3, -0.25) is 9.69 Å². The lowest BCUT2D eigenvalue weighted by molar-refractivity contribution is -0.150. The van der Waals surface area contributed by atoms with E-state index in [0.29, 0.717) is 12.8 Å². The Morgan fingerprint density at radius 3 is 2.21 bits per heavy atom. The second-order valence-electron chi connectivity index (χ2n) is 5.62. The molecule has 104 valence electrons. The molecule has 1 heterocycles. The average molecular weight is 263 g/mol. The number of carboxylic acids is 1. The van der Waals surface area contributed by atoms with Gasteiger partial charge in [-0.05, 0) is 44.0 Å². The van der Waals surface area contributed by atoms with Crippen molar-refractivity contribution in [1.29, 1.82) is 0 Å². The van der Waals surface area contributed by atoms with Gasteiger partial charge in [0.1, 0.15) is 0 Å². The van der Waals surface area contributed by atoms with E-state index in [4.69, 9.17) is 5.11 Å². The molecular formula is C15H21NO3. The third-order valence-electron chi connectivity index (χ3n) is 4.09. The van der Waals surface area contributed by atoms with E-state index in [0.717, 1.165) is 25.2 Å². The van der Waals surface area contributed by atoms with Crippen molar-refractivity contribution in [2.45, 2.75) is 32.9 Å². The molecule has 1 aliphatic heterocycles. The molecule has 2 N–H and O–H groups in total. The van der Waals surface area contributed by atoms with Crippen LogP contribution >= 0.6 is 0 Å². The van der Waals surface area contributed by atoms with Gasteiger partial charge in [0.2, 0.25) is 0 Å². The van der Waals surface area contributed by atoms with Gasteiger partial charge >= 0.3 is 5.97 Å². The standard InChI is InChI=1S/C15H21NO3/c1-15(14(18)19)6-8-16(9-7-15)10-12-2-4-13(11-17)5-3-12/h2-5,17H,6-11H2,1H3,(H,18,19). The fourth-order valence-corrected chi connectivity index (χ4v) is 2.43. The van der Waals surface area contributed by atoms with Crippen molar-refractivity contribution in [3.05, 3.63) is 35.4 Å². The molecule has 0 amide bonds. The molecule has 4 nitrogen and oxygen atoms in total. The Morgan fingerprint density at radius 1 is 1.21 bits per heavy atom. The first-order valence-corrected chi connectivity index (χ1v) is 6.68. The van der Waals surface area contributed by atoms with Crippen LogP contribution in [0.15, 0.2) is 24.3 Å². The van der Waals surface area contributed by atoms with E-state index in [1.807, 2.05) is 31.2 Å². The summed E-state index contributed by atoms with van der Waals surface area (Å²) < 4.78 is 0. The third-order valence-corrected chi connectivity index (χ3v) is 4.09. The van der Waals surface area contributed by atoms with Gasteiger partial charge in [-0.15, -0.1) is 0 Å². The number of aliphatic hydroxyl groups excluding tert-OH is 1. The zero-order chi connectivity index (χ0) is 13.9. The minimum Gasteiger partial charge on any atom is -0.481 e. The summed E-state index contributed by atoms with van der Waals surface area (Å²) in [6, 6.07) is 7.91. The summed E-state index contributed by atoms with van der Waals surface area (Å²) in [5.41, 5.74) is 1.56. The van der Waals surface area contributed by atoms with Crippen LogP contribution in [0, 0.1) is 5.41 Å². The van der Waals surface area contributed by atoms with Crippen LogP contribution in [0.25, 0.3) is 0 Å².